The fourth-order valence-electron chi connectivity index (χ4n) is 2.53. The number of carbonyl (C=O) groups is 2. The Labute approximate surface area is 167 Å². The Bertz CT molecular complexity index is 923. The quantitative estimate of drug-likeness (QED) is 0.590. The van der Waals surface area contributed by atoms with E-state index < -0.39 is 0 Å². The van der Waals surface area contributed by atoms with E-state index in [1.807, 2.05) is 37.3 Å². The van der Waals surface area contributed by atoms with E-state index in [9.17, 15) is 14.7 Å². The predicted molar refractivity (Wildman–Crippen MR) is 112 cm³/mol. The first-order chi connectivity index (χ1) is 12.9. The third-order valence-corrected chi connectivity index (χ3v) is 5.32. The van der Waals surface area contributed by atoms with Gasteiger partial charge >= 0.3 is 0 Å². The second-order valence-electron chi connectivity index (χ2n) is 6.09. The summed E-state index contributed by atoms with van der Waals surface area (Å²) in [5.41, 5.74) is 2.59. The topological polar surface area (TPSA) is 69.6 Å². The van der Waals surface area contributed by atoms with E-state index in [4.69, 9.17) is 12.2 Å². The average Bonchev–Trinajstić information content (AvgIpc) is 2.88. The Kier molecular flexibility index (Phi) is 5.93. The first-order valence-electron chi connectivity index (χ1n) is 8.33. The zero-order chi connectivity index (χ0) is 19.4. The summed E-state index contributed by atoms with van der Waals surface area (Å²) in [6.45, 7) is 2.21. The van der Waals surface area contributed by atoms with Crippen LogP contribution in [0.4, 0.5) is 5.69 Å². The minimum absolute atomic E-state index is 0.0750. The number of aromatic hydroxyl groups is 1. The van der Waals surface area contributed by atoms with E-state index >= 15 is 0 Å². The van der Waals surface area contributed by atoms with Crippen LogP contribution in [-0.4, -0.2) is 32.7 Å². The molecule has 0 bridgehead atoms. The van der Waals surface area contributed by atoms with Crippen LogP contribution in [-0.2, 0) is 9.59 Å². The second kappa shape index (κ2) is 8.37. The predicted octanol–water partition coefficient (Wildman–Crippen LogP) is 3.93. The highest BCUT2D eigenvalue weighted by Gasteiger charge is 2.32. The highest BCUT2D eigenvalue weighted by Crippen LogP contribution is 2.32. The van der Waals surface area contributed by atoms with Gasteiger partial charge in [-0.25, -0.2) is 0 Å². The lowest BCUT2D eigenvalue weighted by Gasteiger charge is -2.14. The van der Waals surface area contributed by atoms with Gasteiger partial charge in [0, 0.05) is 24.7 Å². The fraction of sp³-hybridized carbons (Fsp3) is 0.150. The van der Waals surface area contributed by atoms with Crippen molar-refractivity contribution >= 4 is 51.9 Å². The largest absolute Gasteiger partial charge is 0.508 e. The molecule has 3 rings (SSSR count). The number of amides is 2. The lowest BCUT2D eigenvalue weighted by atomic mass is 10.1. The van der Waals surface area contributed by atoms with Crippen LogP contribution < -0.4 is 5.32 Å². The molecule has 7 heteroatoms. The summed E-state index contributed by atoms with van der Waals surface area (Å²) in [5, 5.41) is 12.1. The van der Waals surface area contributed by atoms with Gasteiger partial charge in [-0.2, -0.15) is 0 Å². The van der Waals surface area contributed by atoms with Crippen molar-refractivity contribution < 1.29 is 14.7 Å². The van der Waals surface area contributed by atoms with Gasteiger partial charge in [0.2, 0.25) is 5.91 Å². The fourth-order valence-corrected chi connectivity index (χ4v) is 3.84. The number of thioether (sulfide) groups is 1. The van der Waals surface area contributed by atoms with Crippen molar-refractivity contribution in [3.63, 3.8) is 0 Å². The van der Waals surface area contributed by atoms with Crippen molar-refractivity contribution in [3.8, 4) is 5.75 Å². The molecule has 0 aliphatic carbocycles. The number of phenolic OH excluding ortho intramolecular Hbond substituents is 1. The molecule has 5 nitrogen and oxygen atoms in total. The SMILES string of the molecule is Cc1ccc(/C=C2\SC(=S)N(CCC(=O)Nc3cccc(O)c3)C2=O)cc1. The van der Waals surface area contributed by atoms with E-state index in [1.54, 1.807) is 12.1 Å². The van der Waals surface area contributed by atoms with Crippen molar-refractivity contribution in [2.45, 2.75) is 13.3 Å². The standard InChI is InChI=1S/C20H18N2O3S2/c1-13-5-7-14(8-6-13)11-17-19(25)22(20(26)27-17)10-9-18(24)21-15-3-2-4-16(23)12-15/h2-8,11-12,23H,9-10H2,1H3,(H,21,24)/b17-11-. The van der Waals surface area contributed by atoms with Crippen molar-refractivity contribution in [2.24, 2.45) is 0 Å². The average molecular weight is 399 g/mol. The third-order valence-electron chi connectivity index (χ3n) is 3.94. The van der Waals surface area contributed by atoms with E-state index in [-0.39, 0.29) is 30.5 Å². The van der Waals surface area contributed by atoms with Crippen molar-refractivity contribution in [1.82, 2.24) is 4.90 Å². The van der Waals surface area contributed by atoms with E-state index in [2.05, 4.69) is 5.32 Å². The van der Waals surface area contributed by atoms with Gasteiger partial charge < -0.3 is 10.4 Å². The van der Waals surface area contributed by atoms with Crippen LogP contribution in [0.15, 0.2) is 53.4 Å². The smallest absolute Gasteiger partial charge is 0.266 e. The van der Waals surface area contributed by atoms with Crippen LogP contribution in [0.2, 0.25) is 0 Å². The van der Waals surface area contributed by atoms with Crippen LogP contribution in [0.25, 0.3) is 6.08 Å². The van der Waals surface area contributed by atoms with Crippen LogP contribution in [0.5, 0.6) is 5.75 Å². The van der Waals surface area contributed by atoms with Crippen LogP contribution in [0.3, 0.4) is 0 Å². The summed E-state index contributed by atoms with van der Waals surface area (Å²) in [4.78, 5) is 26.7. The first kappa shape index (κ1) is 19.1. The van der Waals surface area contributed by atoms with Gasteiger partial charge in [-0.3, -0.25) is 14.5 Å². The van der Waals surface area contributed by atoms with Crippen LogP contribution in [0.1, 0.15) is 17.5 Å². The molecule has 1 heterocycles. The molecule has 1 aliphatic heterocycles. The lowest BCUT2D eigenvalue weighted by Crippen LogP contribution is -2.31. The Balaban J connectivity index is 1.60. The molecule has 0 aromatic heterocycles. The summed E-state index contributed by atoms with van der Waals surface area (Å²) in [6.07, 6.45) is 1.92. The highest BCUT2D eigenvalue weighted by atomic mass is 32.2. The number of carbonyl (C=O) groups excluding carboxylic acids is 2. The molecule has 0 radical (unpaired) electrons. The van der Waals surface area contributed by atoms with E-state index in [0.717, 1.165) is 11.1 Å². The van der Waals surface area contributed by atoms with Crippen LogP contribution >= 0.6 is 24.0 Å². The minimum atomic E-state index is -0.253. The summed E-state index contributed by atoms with van der Waals surface area (Å²) in [5.74, 6) is -0.362. The number of rotatable bonds is 5. The summed E-state index contributed by atoms with van der Waals surface area (Å²) < 4.78 is 0.448. The highest BCUT2D eigenvalue weighted by molar-refractivity contribution is 8.26. The second-order valence-corrected chi connectivity index (χ2v) is 7.77. The molecule has 2 aromatic rings. The molecule has 2 aromatic carbocycles. The maximum absolute atomic E-state index is 12.6. The zero-order valence-electron chi connectivity index (χ0n) is 14.6. The third kappa shape index (κ3) is 4.96. The number of benzene rings is 2. The first-order valence-corrected chi connectivity index (χ1v) is 9.56. The van der Waals surface area contributed by atoms with Gasteiger partial charge in [-0.1, -0.05) is 59.9 Å². The molecule has 0 unspecified atom stereocenters. The molecule has 2 amide bonds. The number of hydrogen-bond acceptors (Lipinski definition) is 5. The molecule has 1 aliphatic rings. The molecule has 27 heavy (non-hydrogen) atoms. The summed E-state index contributed by atoms with van der Waals surface area (Å²) >= 11 is 6.54. The van der Waals surface area contributed by atoms with Gasteiger partial charge in [-0.15, -0.1) is 0 Å². The van der Waals surface area contributed by atoms with E-state index in [0.29, 0.717) is 14.9 Å². The molecular formula is C20H18N2O3S2. The number of nitrogens with one attached hydrogen (secondary N) is 1. The lowest BCUT2D eigenvalue weighted by molar-refractivity contribution is -0.122. The Morgan fingerprint density at radius 2 is 2.00 bits per heavy atom. The maximum atomic E-state index is 12.6. The Morgan fingerprint density at radius 1 is 1.26 bits per heavy atom. The number of nitrogens with zero attached hydrogens (tertiary/aromatic N) is 1. The molecule has 0 saturated carbocycles. The summed E-state index contributed by atoms with van der Waals surface area (Å²) in [7, 11) is 0. The molecule has 2 N–H and O–H groups in total. The molecule has 1 fully saturated rings. The van der Waals surface area contributed by atoms with Gasteiger partial charge in [0.25, 0.3) is 5.91 Å². The van der Waals surface area contributed by atoms with Crippen LogP contribution in [0, 0.1) is 6.92 Å². The number of anilines is 1. The Morgan fingerprint density at radius 3 is 2.70 bits per heavy atom. The minimum Gasteiger partial charge on any atom is -0.508 e. The number of phenols is 1. The van der Waals surface area contributed by atoms with Crippen molar-refractivity contribution in [2.75, 3.05) is 11.9 Å². The molecule has 138 valence electrons. The maximum Gasteiger partial charge on any atom is 0.266 e. The van der Waals surface area contributed by atoms with Gasteiger partial charge in [0.05, 0.1) is 4.91 Å². The number of thiocarbonyl (C=S) groups is 1. The van der Waals surface area contributed by atoms with Gasteiger partial charge in [-0.05, 0) is 30.7 Å². The van der Waals surface area contributed by atoms with E-state index in [1.165, 1.54) is 28.8 Å². The normalized spacial score (nSPS) is 15.4. The summed E-state index contributed by atoms with van der Waals surface area (Å²) in [6, 6.07) is 14.2. The van der Waals surface area contributed by atoms with Gasteiger partial charge in [0.15, 0.2) is 0 Å². The number of hydrogen-bond donors (Lipinski definition) is 2. The molecule has 0 spiro atoms. The number of aryl methyl sites for hydroxylation is 1. The van der Waals surface area contributed by atoms with Gasteiger partial charge in [0.1, 0.15) is 10.1 Å². The molecule has 0 atom stereocenters. The monoisotopic (exact) mass is 398 g/mol. The Hall–Kier alpha value is -2.64. The van der Waals surface area contributed by atoms with Crippen molar-refractivity contribution in [3.05, 3.63) is 64.6 Å². The zero-order valence-corrected chi connectivity index (χ0v) is 16.3. The van der Waals surface area contributed by atoms with Crippen molar-refractivity contribution in [1.29, 1.82) is 0 Å². The molecular weight excluding hydrogens is 380 g/mol. The molecule has 1 saturated heterocycles.